The van der Waals surface area contributed by atoms with Gasteiger partial charge in [-0.1, -0.05) is 0 Å². The Morgan fingerprint density at radius 2 is 2.07 bits per heavy atom. The zero-order valence-corrected chi connectivity index (χ0v) is 9.35. The van der Waals surface area contributed by atoms with Crippen LogP contribution in [0.5, 0.6) is 0 Å². The third kappa shape index (κ3) is 2.02. The van der Waals surface area contributed by atoms with Crippen LogP contribution in [0.15, 0.2) is 16.6 Å². The lowest BCUT2D eigenvalue weighted by Gasteiger charge is -2.18. The van der Waals surface area contributed by atoms with E-state index in [2.05, 4.69) is 15.9 Å². The van der Waals surface area contributed by atoms with Crippen molar-refractivity contribution in [3.05, 3.63) is 28.2 Å². The average molecular weight is 276 g/mol. The van der Waals surface area contributed by atoms with E-state index in [1.165, 1.54) is 6.07 Å². The zero-order valence-electron chi connectivity index (χ0n) is 7.77. The Morgan fingerprint density at radius 1 is 1.33 bits per heavy atom. The van der Waals surface area contributed by atoms with Crippen molar-refractivity contribution in [3.8, 4) is 0 Å². The Kier molecular flexibility index (Phi) is 2.73. The van der Waals surface area contributed by atoms with Gasteiger partial charge in [-0.3, -0.25) is 4.79 Å². The molecule has 5 heteroatoms. The first kappa shape index (κ1) is 10.5. The number of Topliss-reactive ketones (excluding diaryl/α,β-unsaturated/α-hetero) is 1. The van der Waals surface area contributed by atoms with Gasteiger partial charge < -0.3 is 4.90 Å². The van der Waals surface area contributed by atoms with Crippen LogP contribution in [0.1, 0.15) is 6.42 Å². The number of benzene rings is 1. The second kappa shape index (κ2) is 3.89. The molecule has 2 nitrogen and oxygen atoms in total. The molecule has 0 aliphatic carbocycles. The lowest BCUT2D eigenvalue weighted by atomic mass is 10.2. The Labute approximate surface area is 94.0 Å². The van der Waals surface area contributed by atoms with Gasteiger partial charge in [-0.15, -0.1) is 0 Å². The summed E-state index contributed by atoms with van der Waals surface area (Å²) in [7, 11) is 0. The van der Waals surface area contributed by atoms with Gasteiger partial charge in [0.15, 0.2) is 11.6 Å². The van der Waals surface area contributed by atoms with Crippen LogP contribution in [0.4, 0.5) is 14.5 Å². The third-order valence-corrected chi connectivity index (χ3v) is 2.93. The first-order valence-corrected chi connectivity index (χ1v) is 5.28. The SMILES string of the molecule is O=C1CCN(c2c(F)cc(F)cc2Br)C1. The highest BCUT2D eigenvalue weighted by Gasteiger charge is 2.24. The normalized spacial score (nSPS) is 16.2. The van der Waals surface area contributed by atoms with Crippen LogP contribution in [0.25, 0.3) is 0 Å². The maximum Gasteiger partial charge on any atom is 0.153 e. The molecule has 1 aliphatic rings. The van der Waals surface area contributed by atoms with Crippen LogP contribution in [-0.2, 0) is 4.79 Å². The number of nitrogens with zero attached hydrogens (tertiary/aromatic N) is 1. The van der Waals surface area contributed by atoms with Gasteiger partial charge in [-0.2, -0.15) is 0 Å². The van der Waals surface area contributed by atoms with Crippen LogP contribution in [-0.4, -0.2) is 18.9 Å². The van der Waals surface area contributed by atoms with Gasteiger partial charge in [-0.05, 0) is 22.0 Å². The summed E-state index contributed by atoms with van der Waals surface area (Å²) in [5, 5.41) is 0. The van der Waals surface area contributed by atoms with Crippen molar-refractivity contribution in [1.82, 2.24) is 0 Å². The molecule has 0 atom stereocenters. The Balaban J connectivity index is 2.39. The van der Waals surface area contributed by atoms with Gasteiger partial charge in [0.2, 0.25) is 0 Å². The van der Waals surface area contributed by atoms with Gasteiger partial charge in [-0.25, -0.2) is 8.78 Å². The number of anilines is 1. The predicted octanol–water partition coefficient (Wildman–Crippen LogP) is 2.51. The van der Waals surface area contributed by atoms with Gasteiger partial charge >= 0.3 is 0 Å². The molecule has 1 aromatic rings. The highest BCUT2D eigenvalue weighted by atomic mass is 79.9. The number of hydrogen-bond donors (Lipinski definition) is 0. The van der Waals surface area contributed by atoms with Crippen LogP contribution in [0.3, 0.4) is 0 Å². The molecule has 0 aromatic heterocycles. The maximum atomic E-state index is 13.5. The first-order valence-electron chi connectivity index (χ1n) is 4.49. The van der Waals surface area contributed by atoms with E-state index < -0.39 is 11.6 Å². The summed E-state index contributed by atoms with van der Waals surface area (Å²) < 4.78 is 26.6. The summed E-state index contributed by atoms with van der Waals surface area (Å²) in [6.45, 7) is 0.682. The molecular weight excluding hydrogens is 268 g/mol. The van der Waals surface area contributed by atoms with Crippen LogP contribution in [0, 0.1) is 11.6 Å². The summed E-state index contributed by atoms with van der Waals surface area (Å²) in [4.78, 5) is 12.7. The maximum absolute atomic E-state index is 13.5. The predicted molar refractivity (Wildman–Crippen MR) is 55.9 cm³/mol. The molecule has 0 N–H and O–H groups in total. The third-order valence-electron chi connectivity index (χ3n) is 2.33. The summed E-state index contributed by atoms with van der Waals surface area (Å²) in [5.74, 6) is -1.20. The molecule has 0 radical (unpaired) electrons. The lowest BCUT2D eigenvalue weighted by Crippen LogP contribution is -2.21. The molecule has 1 aromatic carbocycles. The van der Waals surface area contributed by atoms with Gasteiger partial charge in [0, 0.05) is 23.5 Å². The van der Waals surface area contributed by atoms with Crippen molar-refractivity contribution in [3.63, 3.8) is 0 Å². The Morgan fingerprint density at radius 3 is 2.60 bits per heavy atom. The summed E-state index contributed by atoms with van der Waals surface area (Å²) >= 11 is 3.09. The number of halogens is 3. The molecular formula is C10H8BrF2NO. The number of hydrogen-bond acceptors (Lipinski definition) is 2. The standard InChI is InChI=1S/C10H8BrF2NO/c11-8-3-6(12)4-9(13)10(8)14-2-1-7(15)5-14/h3-4H,1-2,5H2. The quantitative estimate of drug-likeness (QED) is 0.785. The second-order valence-corrected chi connectivity index (χ2v) is 4.28. The van der Waals surface area contributed by atoms with Crippen molar-refractivity contribution in [2.75, 3.05) is 18.0 Å². The molecule has 1 heterocycles. The molecule has 0 unspecified atom stereocenters. The number of ketones is 1. The zero-order chi connectivity index (χ0) is 11.0. The average Bonchev–Trinajstić information content (AvgIpc) is 2.49. The van der Waals surface area contributed by atoms with E-state index in [0.717, 1.165) is 6.07 Å². The minimum Gasteiger partial charge on any atom is -0.360 e. The van der Waals surface area contributed by atoms with Crippen LogP contribution < -0.4 is 4.90 Å². The van der Waals surface area contributed by atoms with Crippen molar-refractivity contribution in [1.29, 1.82) is 0 Å². The topological polar surface area (TPSA) is 20.3 Å². The van der Waals surface area contributed by atoms with E-state index in [1.54, 1.807) is 4.90 Å². The molecule has 1 saturated heterocycles. The van der Waals surface area contributed by atoms with E-state index in [-0.39, 0.29) is 18.0 Å². The van der Waals surface area contributed by atoms with Crippen molar-refractivity contribution in [2.24, 2.45) is 0 Å². The highest BCUT2D eigenvalue weighted by Crippen LogP contribution is 2.31. The van der Waals surface area contributed by atoms with Crippen molar-refractivity contribution in [2.45, 2.75) is 6.42 Å². The molecule has 15 heavy (non-hydrogen) atoms. The molecule has 0 amide bonds. The van der Waals surface area contributed by atoms with E-state index in [9.17, 15) is 13.6 Å². The fraction of sp³-hybridized carbons (Fsp3) is 0.300. The van der Waals surface area contributed by atoms with E-state index >= 15 is 0 Å². The van der Waals surface area contributed by atoms with Crippen molar-refractivity contribution >= 4 is 27.4 Å². The molecule has 2 rings (SSSR count). The fourth-order valence-corrected chi connectivity index (χ4v) is 2.32. The molecule has 0 spiro atoms. The highest BCUT2D eigenvalue weighted by molar-refractivity contribution is 9.10. The minimum atomic E-state index is -0.642. The fourth-order valence-electron chi connectivity index (χ4n) is 1.66. The Hall–Kier alpha value is -0.970. The molecule has 1 aliphatic heterocycles. The number of carbonyl (C=O) groups excluding carboxylic acids is 1. The second-order valence-electron chi connectivity index (χ2n) is 3.43. The van der Waals surface area contributed by atoms with Crippen LogP contribution >= 0.6 is 15.9 Å². The Bertz CT molecular complexity index is 399. The summed E-state index contributed by atoms with van der Waals surface area (Å²) in [6, 6.07) is 2.02. The summed E-state index contributed by atoms with van der Waals surface area (Å²) in [6.07, 6.45) is 0.420. The van der Waals surface area contributed by atoms with Crippen LogP contribution in [0.2, 0.25) is 0 Å². The monoisotopic (exact) mass is 275 g/mol. The van der Waals surface area contributed by atoms with Crippen molar-refractivity contribution < 1.29 is 13.6 Å². The lowest BCUT2D eigenvalue weighted by molar-refractivity contribution is -0.116. The van der Waals surface area contributed by atoms with Gasteiger partial charge in [0.1, 0.15) is 5.82 Å². The smallest absolute Gasteiger partial charge is 0.153 e. The molecule has 0 bridgehead atoms. The molecule has 80 valence electrons. The largest absolute Gasteiger partial charge is 0.360 e. The van der Waals surface area contributed by atoms with Gasteiger partial charge in [0.25, 0.3) is 0 Å². The summed E-state index contributed by atoms with van der Waals surface area (Å²) in [5.41, 5.74) is 0.266. The van der Waals surface area contributed by atoms with E-state index in [4.69, 9.17) is 0 Å². The number of rotatable bonds is 1. The number of carbonyl (C=O) groups is 1. The first-order chi connectivity index (χ1) is 7.08. The van der Waals surface area contributed by atoms with Gasteiger partial charge in [0.05, 0.1) is 12.2 Å². The molecule has 1 fully saturated rings. The van der Waals surface area contributed by atoms with E-state index in [1.807, 2.05) is 0 Å². The molecule has 0 saturated carbocycles. The minimum absolute atomic E-state index is 0.0747. The van der Waals surface area contributed by atoms with E-state index in [0.29, 0.717) is 17.4 Å².